The summed E-state index contributed by atoms with van der Waals surface area (Å²) in [6.45, 7) is 4.15. The zero-order chi connectivity index (χ0) is 20.1. The van der Waals surface area contributed by atoms with Crippen LogP contribution in [0.3, 0.4) is 0 Å². The molecule has 146 valence electrons. The van der Waals surface area contributed by atoms with Crippen molar-refractivity contribution < 1.29 is 13.2 Å². The number of carbonyl (C=O) groups excluding carboxylic acids is 1. The number of sulfonamides is 1. The summed E-state index contributed by atoms with van der Waals surface area (Å²) in [6, 6.07) is 13.0. The van der Waals surface area contributed by atoms with Crippen LogP contribution in [0, 0.1) is 0 Å². The number of hydrogen-bond donors (Lipinski definition) is 2. The molecule has 0 unspecified atom stereocenters. The zero-order valence-corrected chi connectivity index (χ0v) is 16.2. The summed E-state index contributed by atoms with van der Waals surface area (Å²) in [6.07, 6.45) is 2.39. The van der Waals surface area contributed by atoms with Crippen LogP contribution in [0.1, 0.15) is 42.1 Å². The minimum atomic E-state index is -3.87. The molecule has 0 aliphatic heterocycles. The summed E-state index contributed by atoms with van der Waals surface area (Å²) in [7, 11) is -3.87. The van der Waals surface area contributed by atoms with Crippen molar-refractivity contribution >= 4 is 15.9 Å². The molecule has 0 saturated heterocycles. The highest BCUT2D eigenvalue weighted by molar-refractivity contribution is 7.89. The van der Waals surface area contributed by atoms with Crippen LogP contribution in [0.25, 0.3) is 5.69 Å². The zero-order valence-electron chi connectivity index (χ0n) is 15.4. The summed E-state index contributed by atoms with van der Waals surface area (Å²) < 4.78 is 26.2. The summed E-state index contributed by atoms with van der Waals surface area (Å²) in [4.78, 5) is 14.4. The molecule has 0 spiro atoms. The maximum Gasteiger partial charge on any atom is 0.266 e. The van der Waals surface area contributed by atoms with Gasteiger partial charge in [-0.15, -0.1) is 9.93 Å². The van der Waals surface area contributed by atoms with Crippen molar-refractivity contribution in [3.05, 3.63) is 66.0 Å². The smallest absolute Gasteiger partial charge is 0.266 e. The fourth-order valence-corrected chi connectivity index (χ4v) is 3.34. The molecule has 1 aromatic heterocycles. The topological polar surface area (TPSA) is 119 Å². The Kier molecular flexibility index (Phi) is 5.81. The Labute approximate surface area is 162 Å². The molecule has 28 heavy (non-hydrogen) atoms. The Bertz CT molecular complexity index is 1030. The summed E-state index contributed by atoms with van der Waals surface area (Å²) in [5, 5.41) is 10.8. The highest BCUT2D eigenvalue weighted by Gasteiger charge is 2.16. The number of tetrazole rings is 1. The molecule has 0 bridgehead atoms. The van der Waals surface area contributed by atoms with E-state index in [1.54, 1.807) is 36.4 Å². The number of carbonyl (C=O) groups is 1. The first kappa shape index (κ1) is 19.6. The molecule has 1 atom stereocenters. The molecule has 2 N–H and O–H groups in total. The van der Waals surface area contributed by atoms with E-state index in [0.717, 1.165) is 12.0 Å². The van der Waals surface area contributed by atoms with E-state index in [-0.39, 0.29) is 10.5 Å². The van der Waals surface area contributed by atoms with Crippen LogP contribution in [0.15, 0.2) is 59.8 Å². The Morgan fingerprint density at radius 3 is 2.36 bits per heavy atom. The number of hydrogen-bond acceptors (Lipinski definition) is 6. The van der Waals surface area contributed by atoms with E-state index >= 15 is 0 Å². The van der Waals surface area contributed by atoms with E-state index in [1.165, 1.54) is 23.1 Å². The van der Waals surface area contributed by atoms with Crippen molar-refractivity contribution in [2.24, 2.45) is 0 Å². The maximum atomic E-state index is 12.4. The van der Waals surface area contributed by atoms with Crippen molar-refractivity contribution in [3.8, 4) is 5.69 Å². The molecule has 0 saturated carbocycles. The lowest BCUT2D eigenvalue weighted by molar-refractivity contribution is 0.0945. The van der Waals surface area contributed by atoms with E-state index < -0.39 is 15.9 Å². The van der Waals surface area contributed by atoms with Gasteiger partial charge in [-0.05, 0) is 64.7 Å². The largest absolute Gasteiger partial charge is 0.273 e. The predicted octanol–water partition coefficient (Wildman–Crippen LogP) is 1.80. The van der Waals surface area contributed by atoms with Gasteiger partial charge in [-0.3, -0.25) is 10.2 Å². The minimum Gasteiger partial charge on any atom is -0.273 e. The molecule has 10 heteroatoms. The standard InChI is InChI=1S/C18H20N6O3S/c1-3-13(2)14-6-10-17(11-7-14)28(26,27)23-20-18(25)15-4-8-16(9-5-15)24-12-19-21-22-24/h4-13,23H,3H2,1-2H3,(H,20,25)/t13-/m0/s1. The summed E-state index contributed by atoms with van der Waals surface area (Å²) in [5.74, 6) is -0.233. The summed E-state index contributed by atoms with van der Waals surface area (Å²) in [5.41, 5.74) is 4.23. The number of benzene rings is 2. The van der Waals surface area contributed by atoms with Crippen LogP contribution in [-0.2, 0) is 10.0 Å². The second-order valence-corrected chi connectivity index (χ2v) is 7.92. The highest BCUT2D eigenvalue weighted by Crippen LogP contribution is 2.20. The van der Waals surface area contributed by atoms with E-state index in [4.69, 9.17) is 0 Å². The fraction of sp³-hybridized carbons (Fsp3) is 0.222. The first-order valence-electron chi connectivity index (χ1n) is 8.66. The predicted molar refractivity (Wildman–Crippen MR) is 102 cm³/mol. The van der Waals surface area contributed by atoms with Gasteiger partial charge >= 0.3 is 0 Å². The second kappa shape index (κ2) is 8.28. The number of aromatic nitrogens is 4. The maximum absolute atomic E-state index is 12.4. The van der Waals surface area contributed by atoms with Gasteiger partial charge in [0.1, 0.15) is 6.33 Å². The van der Waals surface area contributed by atoms with Gasteiger partial charge in [0.05, 0.1) is 10.6 Å². The molecule has 9 nitrogen and oxygen atoms in total. The number of nitrogens with zero attached hydrogens (tertiary/aromatic N) is 4. The first-order valence-corrected chi connectivity index (χ1v) is 10.1. The van der Waals surface area contributed by atoms with Crippen LogP contribution in [-0.4, -0.2) is 34.5 Å². The van der Waals surface area contributed by atoms with Crippen LogP contribution in [0.5, 0.6) is 0 Å². The fourth-order valence-electron chi connectivity index (χ4n) is 2.50. The van der Waals surface area contributed by atoms with Crippen LogP contribution < -0.4 is 10.3 Å². The lowest BCUT2D eigenvalue weighted by Gasteiger charge is -2.11. The molecule has 1 amide bonds. The van der Waals surface area contributed by atoms with Gasteiger partial charge in [-0.2, -0.15) is 0 Å². The van der Waals surface area contributed by atoms with Gasteiger partial charge in [-0.1, -0.05) is 26.0 Å². The monoisotopic (exact) mass is 400 g/mol. The summed E-state index contributed by atoms with van der Waals surface area (Å²) >= 11 is 0. The molecule has 3 rings (SSSR count). The first-order chi connectivity index (χ1) is 13.4. The molecule has 0 fully saturated rings. The number of nitrogens with one attached hydrogen (secondary N) is 2. The van der Waals surface area contributed by atoms with Gasteiger partial charge in [0.25, 0.3) is 15.9 Å². The highest BCUT2D eigenvalue weighted by atomic mass is 32.2. The molecule has 0 aliphatic carbocycles. The third kappa shape index (κ3) is 4.41. The van der Waals surface area contributed by atoms with E-state index in [0.29, 0.717) is 11.6 Å². The van der Waals surface area contributed by atoms with Gasteiger partial charge in [-0.25, -0.2) is 13.1 Å². The van der Waals surface area contributed by atoms with Crippen LogP contribution in [0.4, 0.5) is 0 Å². The van der Waals surface area contributed by atoms with Crippen molar-refractivity contribution in [2.75, 3.05) is 0 Å². The minimum absolute atomic E-state index is 0.0777. The Morgan fingerprint density at radius 2 is 1.79 bits per heavy atom. The van der Waals surface area contributed by atoms with Gasteiger partial charge < -0.3 is 0 Å². The van der Waals surface area contributed by atoms with Gasteiger partial charge in [0.15, 0.2) is 0 Å². The SMILES string of the molecule is CC[C@H](C)c1ccc(S(=O)(=O)NNC(=O)c2ccc(-n3cnnn3)cc2)cc1. The molecule has 0 aliphatic rings. The molecule has 2 aromatic carbocycles. The normalized spacial score (nSPS) is 12.5. The van der Waals surface area contributed by atoms with E-state index in [9.17, 15) is 13.2 Å². The molecule has 1 heterocycles. The Morgan fingerprint density at radius 1 is 1.11 bits per heavy atom. The van der Waals surface area contributed by atoms with Crippen LogP contribution in [0.2, 0.25) is 0 Å². The van der Waals surface area contributed by atoms with E-state index in [2.05, 4.69) is 39.6 Å². The van der Waals surface area contributed by atoms with Crippen molar-refractivity contribution in [3.63, 3.8) is 0 Å². The second-order valence-electron chi connectivity index (χ2n) is 6.24. The van der Waals surface area contributed by atoms with E-state index in [1.807, 2.05) is 0 Å². The molecular formula is C18H20N6O3S. The molecule has 3 aromatic rings. The van der Waals surface area contributed by atoms with Crippen molar-refractivity contribution in [2.45, 2.75) is 31.1 Å². The van der Waals surface area contributed by atoms with Crippen LogP contribution >= 0.6 is 0 Å². The third-order valence-corrected chi connectivity index (χ3v) is 5.68. The number of rotatable bonds is 7. The van der Waals surface area contributed by atoms with Crippen molar-refractivity contribution in [1.82, 2.24) is 30.5 Å². The van der Waals surface area contributed by atoms with Gasteiger partial charge in [0, 0.05) is 5.56 Å². The third-order valence-electron chi connectivity index (χ3n) is 4.41. The number of amides is 1. The molecular weight excluding hydrogens is 380 g/mol. The quantitative estimate of drug-likeness (QED) is 0.584. The van der Waals surface area contributed by atoms with Crippen molar-refractivity contribution in [1.29, 1.82) is 0 Å². The average Bonchev–Trinajstić information content (AvgIpc) is 3.26. The lowest BCUT2D eigenvalue weighted by Crippen LogP contribution is -2.41. The lowest BCUT2D eigenvalue weighted by atomic mass is 9.99. The Balaban J connectivity index is 1.64. The Hall–Kier alpha value is -3.11. The molecule has 0 radical (unpaired) electrons. The van der Waals surface area contributed by atoms with Gasteiger partial charge in [0.2, 0.25) is 0 Å². The number of hydrazine groups is 1. The average molecular weight is 400 g/mol.